The van der Waals surface area contributed by atoms with Crippen molar-refractivity contribution in [2.24, 2.45) is 5.73 Å². The quantitative estimate of drug-likeness (QED) is 0.420. The van der Waals surface area contributed by atoms with Crippen molar-refractivity contribution >= 4 is 32.4 Å². The molecule has 5 nitrogen and oxygen atoms in total. The summed E-state index contributed by atoms with van der Waals surface area (Å²) in [7, 11) is -4.67. The molecule has 0 unspecified atom stereocenters. The maximum atomic E-state index is 8.74. The molecule has 1 aromatic rings. The van der Waals surface area contributed by atoms with E-state index in [2.05, 4.69) is 42.0 Å². The Morgan fingerprint density at radius 3 is 1.86 bits per heavy atom. The first-order valence-corrected chi connectivity index (χ1v) is 5.18. The molecule has 0 heterocycles. The van der Waals surface area contributed by atoms with Crippen LogP contribution in [0.5, 0.6) is 0 Å². The Hall–Kier alpha value is -0.353. The number of hydrogen-bond acceptors (Lipinski definition) is 3. The van der Waals surface area contributed by atoms with Crippen molar-refractivity contribution in [2.75, 3.05) is 0 Å². The first kappa shape index (κ1) is 13.6. The zero-order valence-electron chi connectivity index (χ0n) is 7.71. The molecule has 0 saturated carbocycles. The Bertz CT molecular complexity index is 354. The first-order valence-electron chi connectivity index (χ1n) is 3.78. The van der Waals surface area contributed by atoms with Crippen molar-refractivity contribution in [2.45, 2.75) is 6.54 Å². The summed E-state index contributed by atoms with van der Waals surface area (Å²) in [5.74, 6) is 0. The summed E-state index contributed by atoms with van der Waals surface area (Å²) in [6.45, 7) is 0.639. The molecule has 74 valence electrons. The molecule has 0 fully saturated rings. The molecule has 1 aromatic carbocycles. The number of benzene rings is 1. The van der Waals surface area contributed by atoms with E-state index in [1.165, 1.54) is 9.80 Å². The molecular formula is C7H10LiNO4S. The Morgan fingerprint density at radius 2 is 1.57 bits per heavy atom. The van der Waals surface area contributed by atoms with Gasteiger partial charge in [0.1, 0.15) is 0 Å². The summed E-state index contributed by atoms with van der Waals surface area (Å²) in [5.41, 5.74) is 6.59. The molecule has 0 amide bonds. The third-order valence-corrected chi connectivity index (χ3v) is 1.36. The van der Waals surface area contributed by atoms with Crippen LogP contribution < -0.4 is 9.97 Å². The van der Waals surface area contributed by atoms with Crippen LogP contribution in [0.15, 0.2) is 24.3 Å². The number of nitrogens with two attached hydrogens (primary N) is 1. The van der Waals surface area contributed by atoms with Crippen LogP contribution in [0, 0.1) is 0 Å². The molecule has 7 heteroatoms. The van der Waals surface area contributed by atoms with Crippen LogP contribution in [0.2, 0.25) is 0 Å². The summed E-state index contributed by atoms with van der Waals surface area (Å²) in [4.78, 5) is 0. The number of hydrogen-bond donors (Lipinski definition) is 3. The molecule has 0 bridgehead atoms. The van der Waals surface area contributed by atoms with Crippen molar-refractivity contribution in [3.8, 4) is 0 Å². The average molecular weight is 211 g/mol. The van der Waals surface area contributed by atoms with Gasteiger partial charge >= 0.3 is 74.5 Å². The van der Waals surface area contributed by atoms with Crippen LogP contribution in [0.25, 0.3) is 0 Å². The van der Waals surface area contributed by atoms with Crippen molar-refractivity contribution in [1.82, 2.24) is 0 Å². The van der Waals surface area contributed by atoms with Crippen molar-refractivity contribution < 1.29 is 17.5 Å². The van der Waals surface area contributed by atoms with Gasteiger partial charge in [-0.2, -0.15) is 8.42 Å². The van der Waals surface area contributed by atoms with Crippen LogP contribution >= 0.6 is 0 Å². The molecule has 1 rings (SSSR count). The number of rotatable bonds is 1. The fourth-order valence-electron chi connectivity index (χ4n) is 0.724. The van der Waals surface area contributed by atoms with Crippen LogP contribution in [-0.2, 0) is 16.9 Å². The van der Waals surface area contributed by atoms with Crippen LogP contribution in [0.3, 0.4) is 0 Å². The summed E-state index contributed by atoms with van der Waals surface area (Å²) in [5, 5.41) is 0. The van der Waals surface area contributed by atoms with E-state index >= 15 is 0 Å². The second-order valence-electron chi connectivity index (χ2n) is 2.64. The topological polar surface area (TPSA) is 101 Å². The minimum atomic E-state index is -4.67. The van der Waals surface area contributed by atoms with Gasteiger partial charge in [0.15, 0.2) is 0 Å². The summed E-state index contributed by atoms with van der Waals surface area (Å²) in [6.07, 6.45) is 0. The molecule has 14 heavy (non-hydrogen) atoms. The third-order valence-electron chi connectivity index (χ3n) is 1.36. The van der Waals surface area contributed by atoms with Gasteiger partial charge in [-0.05, 0) is 0 Å². The first-order chi connectivity index (χ1) is 6.33. The van der Waals surface area contributed by atoms with Gasteiger partial charge in [-0.3, -0.25) is 9.11 Å². The van der Waals surface area contributed by atoms with Crippen molar-refractivity contribution in [3.63, 3.8) is 0 Å². The molecule has 0 aliphatic heterocycles. The molecule has 4 N–H and O–H groups in total. The predicted molar refractivity (Wildman–Crippen MR) is 53.9 cm³/mol. The van der Waals surface area contributed by atoms with Crippen molar-refractivity contribution in [1.29, 1.82) is 0 Å². The van der Waals surface area contributed by atoms with Crippen molar-refractivity contribution in [3.05, 3.63) is 29.8 Å². The molecule has 0 spiro atoms. The van der Waals surface area contributed by atoms with Gasteiger partial charge in [-0.25, -0.2) is 0 Å². The van der Waals surface area contributed by atoms with E-state index < -0.39 is 10.4 Å². The van der Waals surface area contributed by atoms with E-state index in [-0.39, 0.29) is 0 Å². The van der Waals surface area contributed by atoms with E-state index in [4.69, 9.17) is 23.3 Å². The average Bonchev–Trinajstić information content (AvgIpc) is 2.03. The second kappa shape index (κ2) is 6.19. The second-order valence-corrected chi connectivity index (χ2v) is 3.53. The summed E-state index contributed by atoms with van der Waals surface area (Å²) < 4.78 is 32.9. The van der Waals surface area contributed by atoms with Crippen LogP contribution in [0.4, 0.5) is 0 Å². The van der Waals surface area contributed by atoms with E-state index in [9.17, 15) is 0 Å². The molecule has 0 saturated heterocycles. The fourth-order valence-corrected chi connectivity index (χ4v) is 0.724. The predicted octanol–water partition coefficient (Wildman–Crippen LogP) is -0.714. The Kier molecular flexibility index (Phi) is 6.04. The Balaban J connectivity index is 0.000000292. The van der Waals surface area contributed by atoms with Crippen LogP contribution in [-0.4, -0.2) is 35.2 Å². The van der Waals surface area contributed by atoms with Crippen LogP contribution in [0.1, 0.15) is 5.56 Å². The van der Waals surface area contributed by atoms with E-state index in [1.807, 2.05) is 0 Å². The van der Waals surface area contributed by atoms with Gasteiger partial charge in [0.2, 0.25) is 0 Å². The molecule has 0 aliphatic rings. The van der Waals surface area contributed by atoms with Gasteiger partial charge in [-0.1, -0.05) is 0 Å². The summed E-state index contributed by atoms with van der Waals surface area (Å²) >= 11 is 2.07. The SMILES string of the molecule is O=S(=O)(O)O.[Li][c]1ccc(CN)cc1. The van der Waals surface area contributed by atoms with E-state index in [0.29, 0.717) is 6.54 Å². The van der Waals surface area contributed by atoms with Gasteiger partial charge in [0.05, 0.1) is 0 Å². The molecule has 0 aromatic heterocycles. The molecule has 0 aliphatic carbocycles. The Labute approximate surface area is 92.1 Å². The third kappa shape index (κ3) is 9.73. The maximum absolute atomic E-state index is 8.74. The summed E-state index contributed by atoms with van der Waals surface area (Å²) in [6, 6.07) is 8.25. The van der Waals surface area contributed by atoms with E-state index in [0.717, 1.165) is 0 Å². The van der Waals surface area contributed by atoms with Gasteiger partial charge in [0, 0.05) is 0 Å². The van der Waals surface area contributed by atoms with E-state index in [1.54, 1.807) is 0 Å². The minimum absolute atomic E-state index is 0.639. The standard InChI is InChI=1S/C7H8N.Li.H2O4S/c8-6-7-4-2-1-3-5-7;;1-5(2,3)4/h2-5H,6,8H2;;(H2,1,2,3,4). The van der Waals surface area contributed by atoms with Gasteiger partial charge < -0.3 is 0 Å². The van der Waals surface area contributed by atoms with Gasteiger partial charge in [0.25, 0.3) is 0 Å². The monoisotopic (exact) mass is 211 g/mol. The molecular weight excluding hydrogens is 201 g/mol. The fraction of sp³-hybridized carbons (Fsp3) is 0.143. The van der Waals surface area contributed by atoms with Gasteiger partial charge in [-0.15, -0.1) is 0 Å². The molecule has 0 radical (unpaired) electrons. The Morgan fingerprint density at radius 1 is 1.21 bits per heavy atom. The normalized spacial score (nSPS) is 10.4. The molecule has 0 atom stereocenters. The zero-order chi connectivity index (χ0) is 11.2. The zero-order valence-corrected chi connectivity index (χ0v) is 8.53.